The zero-order valence-electron chi connectivity index (χ0n) is 11.8. The molecular formula is C13H19N5S. The molecular weight excluding hydrogens is 258 g/mol. The maximum absolute atomic E-state index is 4.55. The Balaban J connectivity index is 2.28. The van der Waals surface area contributed by atoms with Crippen molar-refractivity contribution < 1.29 is 0 Å². The Bertz CT molecular complexity index is 564. The first-order valence-electron chi connectivity index (χ1n) is 6.42. The number of anilines is 1. The third-order valence-electron chi connectivity index (χ3n) is 2.59. The lowest BCUT2D eigenvalue weighted by atomic mass is 10.4. The van der Waals surface area contributed by atoms with Gasteiger partial charge in [-0.2, -0.15) is 5.10 Å². The first-order valence-corrected chi connectivity index (χ1v) is 7.24. The molecule has 1 N–H and O–H groups in total. The van der Waals surface area contributed by atoms with Gasteiger partial charge in [0.25, 0.3) is 0 Å². The van der Waals surface area contributed by atoms with Crippen LogP contribution in [0.3, 0.4) is 0 Å². The lowest BCUT2D eigenvalue weighted by molar-refractivity contribution is 0.691. The predicted octanol–water partition coefficient (Wildman–Crippen LogP) is 2.66. The molecule has 0 aliphatic heterocycles. The van der Waals surface area contributed by atoms with E-state index in [2.05, 4.69) is 40.3 Å². The number of rotatable bonds is 5. The third-order valence-corrected chi connectivity index (χ3v) is 3.60. The summed E-state index contributed by atoms with van der Waals surface area (Å²) in [5.41, 5.74) is 1.02. The minimum Gasteiger partial charge on any atom is -0.370 e. The van der Waals surface area contributed by atoms with E-state index >= 15 is 0 Å². The summed E-state index contributed by atoms with van der Waals surface area (Å²) in [5.74, 6) is 1.75. The molecule has 0 aliphatic rings. The van der Waals surface area contributed by atoms with Crippen molar-refractivity contribution in [2.24, 2.45) is 7.05 Å². The molecule has 2 rings (SSSR count). The van der Waals surface area contributed by atoms with Gasteiger partial charge in [0.1, 0.15) is 21.7 Å². The molecule has 0 fully saturated rings. The van der Waals surface area contributed by atoms with Crippen LogP contribution in [0, 0.1) is 6.92 Å². The second-order valence-corrected chi connectivity index (χ2v) is 5.28. The number of aromatic nitrogens is 4. The van der Waals surface area contributed by atoms with E-state index in [9.17, 15) is 0 Å². The van der Waals surface area contributed by atoms with Crippen LogP contribution in [-0.4, -0.2) is 26.3 Å². The summed E-state index contributed by atoms with van der Waals surface area (Å²) in [6.07, 6.45) is 0.831. The smallest absolute Gasteiger partial charge is 0.131 e. The Morgan fingerprint density at radius 2 is 2.05 bits per heavy atom. The zero-order chi connectivity index (χ0) is 13.8. The maximum atomic E-state index is 4.55. The van der Waals surface area contributed by atoms with Gasteiger partial charge in [0, 0.05) is 26.1 Å². The maximum Gasteiger partial charge on any atom is 0.131 e. The van der Waals surface area contributed by atoms with Crippen LogP contribution in [0.1, 0.15) is 25.4 Å². The number of nitrogens with one attached hydrogen (secondary N) is 1. The lowest BCUT2D eigenvalue weighted by Gasteiger charge is -2.07. The van der Waals surface area contributed by atoms with Crippen LogP contribution in [0.2, 0.25) is 0 Å². The summed E-state index contributed by atoms with van der Waals surface area (Å²) in [4.78, 5) is 9.00. The normalized spacial score (nSPS) is 10.7. The van der Waals surface area contributed by atoms with E-state index in [1.807, 2.05) is 24.7 Å². The molecule has 0 saturated heterocycles. The van der Waals surface area contributed by atoms with Gasteiger partial charge in [0.2, 0.25) is 0 Å². The molecule has 0 bridgehead atoms. The fourth-order valence-electron chi connectivity index (χ4n) is 1.74. The molecule has 0 aliphatic carbocycles. The van der Waals surface area contributed by atoms with Gasteiger partial charge in [-0.15, -0.1) is 0 Å². The molecule has 19 heavy (non-hydrogen) atoms. The number of aryl methyl sites for hydroxylation is 3. The number of hydrogen-bond donors (Lipinski definition) is 1. The average molecular weight is 277 g/mol. The number of nitrogens with zero attached hydrogens (tertiary/aromatic N) is 4. The first kappa shape index (κ1) is 13.9. The van der Waals surface area contributed by atoms with Crippen LogP contribution in [-0.2, 0) is 13.5 Å². The molecule has 2 aromatic rings. The SMILES string of the molecule is CCNc1cc(Sc2cc(C)nn2C)nc(CC)n1. The molecule has 0 aromatic carbocycles. The van der Waals surface area contributed by atoms with E-state index in [0.29, 0.717) is 0 Å². The van der Waals surface area contributed by atoms with E-state index in [0.717, 1.165) is 40.4 Å². The zero-order valence-corrected chi connectivity index (χ0v) is 12.6. The summed E-state index contributed by atoms with van der Waals surface area (Å²) in [6, 6.07) is 4.04. The largest absolute Gasteiger partial charge is 0.370 e. The van der Waals surface area contributed by atoms with Gasteiger partial charge in [-0.25, -0.2) is 9.97 Å². The molecule has 0 saturated carbocycles. The van der Waals surface area contributed by atoms with Gasteiger partial charge in [-0.1, -0.05) is 18.7 Å². The highest BCUT2D eigenvalue weighted by atomic mass is 32.2. The van der Waals surface area contributed by atoms with Crippen molar-refractivity contribution in [2.75, 3.05) is 11.9 Å². The van der Waals surface area contributed by atoms with E-state index < -0.39 is 0 Å². The molecule has 0 atom stereocenters. The highest BCUT2D eigenvalue weighted by Crippen LogP contribution is 2.27. The molecule has 5 nitrogen and oxygen atoms in total. The fraction of sp³-hybridized carbons (Fsp3) is 0.462. The van der Waals surface area contributed by atoms with Crippen LogP contribution < -0.4 is 5.32 Å². The molecule has 0 amide bonds. The summed E-state index contributed by atoms with van der Waals surface area (Å²) < 4.78 is 1.88. The quantitative estimate of drug-likeness (QED) is 0.852. The lowest BCUT2D eigenvalue weighted by Crippen LogP contribution is -2.04. The van der Waals surface area contributed by atoms with Crippen molar-refractivity contribution in [3.8, 4) is 0 Å². The molecule has 0 spiro atoms. The molecule has 2 aromatic heterocycles. The third kappa shape index (κ3) is 3.47. The Morgan fingerprint density at radius 1 is 1.26 bits per heavy atom. The molecule has 6 heteroatoms. The minimum absolute atomic E-state index is 0.831. The second-order valence-electron chi connectivity index (χ2n) is 4.24. The van der Waals surface area contributed by atoms with E-state index in [-0.39, 0.29) is 0 Å². The highest BCUT2D eigenvalue weighted by Gasteiger charge is 2.08. The molecule has 0 unspecified atom stereocenters. The summed E-state index contributed by atoms with van der Waals surface area (Å²) in [7, 11) is 1.95. The number of hydrogen-bond acceptors (Lipinski definition) is 5. The van der Waals surface area contributed by atoms with E-state index in [1.165, 1.54) is 0 Å². The Hall–Kier alpha value is -1.56. The van der Waals surface area contributed by atoms with Crippen molar-refractivity contribution >= 4 is 17.6 Å². The monoisotopic (exact) mass is 277 g/mol. The van der Waals surface area contributed by atoms with E-state index in [4.69, 9.17) is 0 Å². The summed E-state index contributed by atoms with van der Waals surface area (Å²) in [5, 5.41) is 9.62. The van der Waals surface area contributed by atoms with Gasteiger partial charge in [0.15, 0.2) is 0 Å². The van der Waals surface area contributed by atoms with Gasteiger partial charge >= 0.3 is 0 Å². The Morgan fingerprint density at radius 3 is 2.63 bits per heavy atom. The fourth-order valence-corrected chi connectivity index (χ4v) is 2.68. The van der Waals surface area contributed by atoms with Crippen LogP contribution in [0.5, 0.6) is 0 Å². The van der Waals surface area contributed by atoms with Crippen molar-refractivity contribution in [3.63, 3.8) is 0 Å². The average Bonchev–Trinajstić information content (AvgIpc) is 2.68. The van der Waals surface area contributed by atoms with Crippen molar-refractivity contribution in [1.29, 1.82) is 0 Å². The molecule has 102 valence electrons. The van der Waals surface area contributed by atoms with Gasteiger partial charge in [-0.3, -0.25) is 4.68 Å². The summed E-state index contributed by atoms with van der Waals surface area (Å²) >= 11 is 1.61. The van der Waals surface area contributed by atoms with Gasteiger partial charge < -0.3 is 5.32 Å². The van der Waals surface area contributed by atoms with Crippen molar-refractivity contribution in [1.82, 2.24) is 19.7 Å². The van der Waals surface area contributed by atoms with Crippen molar-refractivity contribution in [2.45, 2.75) is 37.2 Å². The standard InChI is InChI=1S/C13H19N5S/c1-5-10-15-11(14-6-2)8-12(16-10)19-13-7-9(3)17-18(13)4/h7-8H,5-6H2,1-4H3,(H,14,15,16). The van der Waals surface area contributed by atoms with Crippen LogP contribution >= 0.6 is 11.8 Å². The van der Waals surface area contributed by atoms with Gasteiger partial charge in [-0.05, 0) is 19.9 Å². The van der Waals surface area contributed by atoms with Crippen LogP contribution in [0.4, 0.5) is 5.82 Å². The van der Waals surface area contributed by atoms with Crippen LogP contribution in [0.25, 0.3) is 0 Å². The first-order chi connectivity index (χ1) is 9.12. The minimum atomic E-state index is 0.831. The highest BCUT2D eigenvalue weighted by molar-refractivity contribution is 7.99. The Labute approximate surface area is 117 Å². The molecule has 2 heterocycles. The topological polar surface area (TPSA) is 55.6 Å². The predicted molar refractivity (Wildman–Crippen MR) is 77.6 cm³/mol. The second kappa shape index (κ2) is 6.06. The molecule has 0 radical (unpaired) electrons. The van der Waals surface area contributed by atoms with Crippen molar-refractivity contribution in [3.05, 3.63) is 23.7 Å². The van der Waals surface area contributed by atoms with Gasteiger partial charge in [0.05, 0.1) is 5.69 Å². The van der Waals surface area contributed by atoms with Crippen LogP contribution in [0.15, 0.2) is 22.2 Å². The van der Waals surface area contributed by atoms with E-state index in [1.54, 1.807) is 11.8 Å². The summed E-state index contributed by atoms with van der Waals surface area (Å²) in [6.45, 7) is 6.97. The Kier molecular flexibility index (Phi) is 4.42.